The van der Waals surface area contributed by atoms with Gasteiger partial charge in [-0.05, 0) is 37.1 Å². The number of rotatable bonds is 5. The van der Waals surface area contributed by atoms with E-state index in [9.17, 15) is 0 Å². The highest BCUT2D eigenvalue weighted by atomic mass is 79.9. The quantitative estimate of drug-likeness (QED) is 0.793. The first kappa shape index (κ1) is 11.7. The summed E-state index contributed by atoms with van der Waals surface area (Å²) in [6, 6.07) is 6.50. The SMILES string of the molecule is CCCCNCc1ccc(C)cc1Br. The van der Waals surface area contributed by atoms with Gasteiger partial charge in [0.15, 0.2) is 0 Å². The molecule has 0 aromatic heterocycles. The van der Waals surface area contributed by atoms with E-state index in [1.165, 1.54) is 28.4 Å². The van der Waals surface area contributed by atoms with E-state index in [0.29, 0.717) is 0 Å². The normalized spacial score (nSPS) is 10.5. The number of halogens is 1. The molecule has 78 valence electrons. The van der Waals surface area contributed by atoms with Crippen molar-refractivity contribution >= 4 is 15.9 Å². The van der Waals surface area contributed by atoms with Crippen molar-refractivity contribution in [2.24, 2.45) is 0 Å². The van der Waals surface area contributed by atoms with E-state index in [1.807, 2.05) is 0 Å². The summed E-state index contributed by atoms with van der Waals surface area (Å²) in [6.07, 6.45) is 2.51. The van der Waals surface area contributed by atoms with Gasteiger partial charge in [-0.25, -0.2) is 0 Å². The number of hydrogen-bond acceptors (Lipinski definition) is 1. The Kier molecular flexibility index (Phi) is 5.20. The van der Waals surface area contributed by atoms with Gasteiger partial charge in [0.05, 0.1) is 0 Å². The van der Waals surface area contributed by atoms with Crippen molar-refractivity contribution in [3.05, 3.63) is 33.8 Å². The number of benzene rings is 1. The van der Waals surface area contributed by atoms with Crippen molar-refractivity contribution in [2.45, 2.75) is 33.2 Å². The zero-order valence-electron chi connectivity index (χ0n) is 8.94. The second kappa shape index (κ2) is 6.20. The van der Waals surface area contributed by atoms with Crippen molar-refractivity contribution < 1.29 is 0 Å². The maximum absolute atomic E-state index is 3.58. The Hall–Kier alpha value is -0.340. The molecule has 1 rings (SSSR count). The highest BCUT2D eigenvalue weighted by Crippen LogP contribution is 2.17. The number of hydrogen-bond donors (Lipinski definition) is 1. The molecule has 0 radical (unpaired) electrons. The molecule has 1 nitrogen and oxygen atoms in total. The molecule has 0 bridgehead atoms. The van der Waals surface area contributed by atoms with Crippen LogP contribution in [0.4, 0.5) is 0 Å². The molecule has 14 heavy (non-hydrogen) atoms. The van der Waals surface area contributed by atoms with Gasteiger partial charge >= 0.3 is 0 Å². The fraction of sp³-hybridized carbons (Fsp3) is 0.500. The van der Waals surface area contributed by atoms with Crippen LogP contribution in [0.3, 0.4) is 0 Å². The van der Waals surface area contributed by atoms with Crippen molar-refractivity contribution in [3.63, 3.8) is 0 Å². The summed E-state index contributed by atoms with van der Waals surface area (Å²) in [5, 5.41) is 3.43. The van der Waals surface area contributed by atoms with Crippen LogP contribution in [0, 0.1) is 6.92 Å². The third-order valence-electron chi connectivity index (χ3n) is 2.23. The Morgan fingerprint density at radius 2 is 2.14 bits per heavy atom. The van der Waals surface area contributed by atoms with Crippen LogP contribution in [0.5, 0.6) is 0 Å². The molecule has 1 aromatic rings. The molecular formula is C12H18BrN. The van der Waals surface area contributed by atoms with Crippen LogP contribution in [-0.4, -0.2) is 6.54 Å². The Balaban J connectivity index is 2.42. The molecule has 0 saturated heterocycles. The van der Waals surface area contributed by atoms with Crippen LogP contribution >= 0.6 is 15.9 Å². The molecule has 0 amide bonds. The highest BCUT2D eigenvalue weighted by molar-refractivity contribution is 9.10. The lowest BCUT2D eigenvalue weighted by molar-refractivity contribution is 0.640. The van der Waals surface area contributed by atoms with Gasteiger partial charge in [0.1, 0.15) is 0 Å². The largest absolute Gasteiger partial charge is 0.313 e. The van der Waals surface area contributed by atoms with Gasteiger partial charge in [-0.1, -0.05) is 41.4 Å². The zero-order valence-corrected chi connectivity index (χ0v) is 10.5. The third-order valence-corrected chi connectivity index (χ3v) is 2.97. The average molecular weight is 256 g/mol. The first-order chi connectivity index (χ1) is 6.74. The fourth-order valence-electron chi connectivity index (χ4n) is 1.32. The molecule has 2 heteroatoms. The van der Waals surface area contributed by atoms with Gasteiger partial charge in [-0.2, -0.15) is 0 Å². The van der Waals surface area contributed by atoms with Gasteiger partial charge < -0.3 is 5.32 Å². The molecule has 0 heterocycles. The van der Waals surface area contributed by atoms with Crippen LogP contribution in [-0.2, 0) is 6.54 Å². The van der Waals surface area contributed by atoms with E-state index >= 15 is 0 Å². The highest BCUT2D eigenvalue weighted by Gasteiger charge is 1.98. The molecule has 0 unspecified atom stereocenters. The number of unbranched alkanes of at least 4 members (excludes halogenated alkanes) is 1. The molecule has 0 spiro atoms. The lowest BCUT2D eigenvalue weighted by Gasteiger charge is -2.06. The van der Waals surface area contributed by atoms with E-state index in [0.717, 1.165) is 13.1 Å². The van der Waals surface area contributed by atoms with Crippen molar-refractivity contribution in [1.29, 1.82) is 0 Å². The van der Waals surface area contributed by atoms with Crippen LogP contribution < -0.4 is 5.32 Å². The van der Waals surface area contributed by atoms with Gasteiger partial charge in [0.25, 0.3) is 0 Å². The lowest BCUT2D eigenvalue weighted by atomic mass is 10.1. The van der Waals surface area contributed by atoms with E-state index in [-0.39, 0.29) is 0 Å². The smallest absolute Gasteiger partial charge is 0.0222 e. The summed E-state index contributed by atoms with van der Waals surface area (Å²) in [5.41, 5.74) is 2.64. The summed E-state index contributed by atoms with van der Waals surface area (Å²) in [7, 11) is 0. The zero-order chi connectivity index (χ0) is 10.4. The first-order valence-corrected chi connectivity index (χ1v) is 5.99. The summed E-state index contributed by atoms with van der Waals surface area (Å²) in [5.74, 6) is 0. The Bertz CT molecular complexity index is 284. The standard InChI is InChI=1S/C12H18BrN/c1-3-4-7-14-9-11-6-5-10(2)8-12(11)13/h5-6,8,14H,3-4,7,9H2,1-2H3. The summed E-state index contributed by atoms with van der Waals surface area (Å²) >= 11 is 3.58. The number of nitrogens with one attached hydrogen (secondary N) is 1. The second-order valence-corrected chi connectivity index (χ2v) is 4.48. The monoisotopic (exact) mass is 255 g/mol. The van der Waals surface area contributed by atoms with Crippen LogP contribution in [0.2, 0.25) is 0 Å². The maximum atomic E-state index is 3.58. The molecule has 0 saturated carbocycles. The van der Waals surface area contributed by atoms with Gasteiger partial charge in [0, 0.05) is 11.0 Å². The first-order valence-electron chi connectivity index (χ1n) is 5.19. The van der Waals surface area contributed by atoms with Crippen molar-refractivity contribution in [2.75, 3.05) is 6.54 Å². The second-order valence-electron chi connectivity index (χ2n) is 3.63. The van der Waals surface area contributed by atoms with Gasteiger partial charge in [-0.3, -0.25) is 0 Å². The minimum atomic E-state index is 0.959. The van der Waals surface area contributed by atoms with Crippen molar-refractivity contribution in [1.82, 2.24) is 5.32 Å². The number of aryl methyl sites for hydroxylation is 1. The van der Waals surface area contributed by atoms with Gasteiger partial charge in [-0.15, -0.1) is 0 Å². The molecule has 0 atom stereocenters. The fourth-order valence-corrected chi connectivity index (χ4v) is 1.95. The molecule has 0 fully saturated rings. The predicted octanol–water partition coefficient (Wildman–Crippen LogP) is 3.65. The minimum absolute atomic E-state index is 0.959. The molecule has 1 aromatic carbocycles. The van der Waals surface area contributed by atoms with Crippen LogP contribution in [0.15, 0.2) is 22.7 Å². The average Bonchev–Trinajstić information content (AvgIpc) is 2.15. The Morgan fingerprint density at radius 1 is 1.36 bits per heavy atom. The Labute approximate surface area is 95.0 Å². The van der Waals surface area contributed by atoms with Crippen molar-refractivity contribution in [3.8, 4) is 0 Å². The van der Waals surface area contributed by atoms with Crippen LogP contribution in [0.25, 0.3) is 0 Å². The topological polar surface area (TPSA) is 12.0 Å². The predicted molar refractivity (Wildman–Crippen MR) is 65.5 cm³/mol. The van der Waals surface area contributed by atoms with E-state index in [2.05, 4.69) is 53.3 Å². The summed E-state index contributed by atoms with van der Waals surface area (Å²) < 4.78 is 1.21. The minimum Gasteiger partial charge on any atom is -0.313 e. The lowest BCUT2D eigenvalue weighted by Crippen LogP contribution is -2.14. The Morgan fingerprint density at radius 3 is 2.79 bits per heavy atom. The van der Waals surface area contributed by atoms with Crippen LogP contribution in [0.1, 0.15) is 30.9 Å². The molecule has 0 aliphatic rings. The van der Waals surface area contributed by atoms with E-state index in [4.69, 9.17) is 0 Å². The molecular weight excluding hydrogens is 238 g/mol. The summed E-state index contributed by atoms with van der Waals surface area (Å²) in [6.45, 7) is 6.39. The van der Waals surface area contributed by atoms with Gasteiger partial charge in [0.2, 0.25) is 0 Å². The third kappa shape index (κ3) is 3.81. The maximum Gasteiger partial charge on any atom is 0.0222 e. The molecule has 0 aliphatic carbocycles. The summed E-state index contributed by atoms with van der Waals surface area (Å²) in [4.78, 5) is 0. The molecule has 1 N–H and O–H groups in total. The van der Waals surface area contributed by atoms with E-state index < -0.39 is 0 Å². The van der Waals surface area contributed by atoms with E-state index in [1.54, 1.807) is 0 Å². The molecule has 0 aliphatic heterocycles.